The summed E-state index contributed by atoms with van der Waals surface area (Å²) < 4.78 is 16.9. The molecule has 1 saturated heterocycles. The van der Waals surface area contributed by atoms with Crippen LogP contribution < -0.4 is 0 Å². The minimum Gasteiger partial charge on any atom is -0.460 e. The molecule has 4 aliphatic carbocycles. The van der Waals surface area contributed by atoms with Crippen LogP contribution in [0.5, 0.6) is 0 Å². The minimum absolute atomic E-state index is 0.0375. The van der Waals surface area contributed by atoms with Gasteiger partial charge >= 0.3 is 5.97 Å². The van der Waals surface area contributed by atoms with Gasteiger partial charge in [-0.05, 0) is 53.4 Å². The predicted molar refractivity (Wildman–Crippen MR) is 79.0 cm³/mol. The summed E-state index contributed by atoms with van der Waals surface area (Å²) in [4.78, 5) is 12.4. The van der Waals surface area contributed by atoms with Gasteiger partial charge in [0.25, 0.3) is 0 Å². The molecule has 4 saturated carbocycles. The van der Waals surface area contributed by atoms with Crippen molar-refractivity contribution in [1.29, 1.82) is 0 Å². The van der Waals surface area contributed by atoms with Gasteiger partial charge in [-0.1, -0.05) is 5.16 Å². The average molecular weight is 368 g/mol. The van der Waals surface area contributed by atoms with Gasteiger partial charge in [0.2, 0.25) is 0 Å². The van der Waals surface area contributed by atoms with E-state index in [-0.39, 0.29) is 18.0 Å². The van der Waals surface area contributed by atoms with Gasteiger partial charge in [-0.25, -0.2) is 0 Å². The molecule has 2 heterocycles. The van der Waals surface area contributed by atoms with Crippen molar-refractivity contribution in [1.82, 2.24) is 5.16 Å². The molecule has 6 heteroatoms. The molecule has 1 aliphatic heterocycles. The number of aromatic nitrogens is 1. The van der Waals surface area contributed by atoms with Crippen LogP contribution in [0, 0.1) is 16.7 Å². The van der Waals surface area contributed by atoms with E-state index in [0.29, 0.717) is 21.9 Å². The minimum atomic E-state index is -0.195. The van der Waals surface area contributed by atoms with E-state index in [2.05, 4.69) is 21.1 Å². The average Bonchev–Trinajstić information content (AvgIpc) is 3.11. The van der Waals surface area contributed by atoms with E-state index in [9.17, 15) is 4.79 Å². The van der Waals surface area contributed by atoms with Crippen LogP contribution in [-0.2, 0) is 20.9 Å². The van der Waals surface area contributed by atoms with Crippen LogP contribution >= 0.6 is 15.9 Å². The quantitative estimate of drug-likeness (QED) is 0.747. The summed E-state index contributed by atoms with van der Waals surface area (Å²) in [6.45, 7) is 2.03. The molecule has 22 heavy (non-hydrogen) atoms. The van der Waals surface area contributed by atoms with Crippen molar-refractivity contribution in [3.8, 4) is 0 Å². The molecule has 6 rings (SSSR count). The molecule has 0 atom stereocenters. The molecule has 0 amide bonds. The van der Waals surface area contributed by atoms with E-state index in [1.54, 1.807) is 0 Å². The summed E-state index contributed by atoms with van der Waals surface area (Å²) >= 11 is 3.39. The third kappa shape index (κ3) is 1.74. The first-order valence-electron chi connectivity index (χ1n) is 8.01. The molecule has 0 aromatic carbocycles. The Labute approximate surface area is 136 Å². The van der Waals surface area contributed by atoms with Crippen LogP contribution in [0.4, 0.5) is 0 Å². The van der Waals surface area contributed by atoms with Crippen LogP contribution in [0.1, 0.15) is 49.3 Å². The van der Waals surface area contributed by atoms with Crippen LogP contribution in [0.25, 0.3) is 0 Å². The van der Waals surface area contributed by atoms with E-state index in [1.165, 1.54) is 0 Å². The maximum atomic E-state index is 12.4. The normalized spacial score (nSPS) is 36.2. The molecule has 5 fully saturated rings. The number of hydrogen-bond acceptors (Lipinski definition) is 5. The molecule has 118 valence electrons. The van der Waals surface area contributed by atoms with Gasteiger partial charge in [0.1, 0.15) is 12.4 Å². The van der Waals surface area contributed by atoms with Gasteiger partial charge in [-0.3, -0.25) is 4.79 Å². The molecule has 1 aromatic rings. The number of hydrogen-bond donors (Lipinski definition) is 0. The fraction of sp³-hybridized carbons (Fsp3) is 0.750. The summed E-state index contributed by atoms with van der Waals surface area (Å²) in [5.41, 5.74) is 1.11. The third-order valence-electron chi connectivity index (χ3n) is 6.07. The van der Waals surface area contributed by atoms with E-state index in [4.69, 9.17) is 14.0 Å². The molecular formula is C16H18BrNO4. The van der Waals surface area contributed by atoms with E-state index >= 15 is 0 Å². The topological polar surface area (TPSA) is 61.6 Å². The highest BCUT2D eigenvalue weighted by Crippen LogP contribution is 2.77. The SMILES string of the molecule is O=C(OCc1c(Br)noc1C1CC1)C12CC(C3COC3)(C1)C2. The van der Waals surface area contributed by atoms with Crippen molar-refractivity contribution in [2.75, 3.05) is 13.2 Å². The summed E-state index contributed by atoms with van der Waals surface area (Å²) in [5.74, 6) is 1.99. The first-order chi connectivity index (χ1) is 10.6. The predicted octanol–water partition coefficient (Wildman–Crippen LogP) is 3.17. The zero-order chi connectivity index (χ0) is 14.9. The number of ether oxygens (including phenoxy) is 2. The Kier molecular flexibility index (Phi) is 2.68. The van der Waals surface area contributed by atoms with Crippen molar-refractivity contribution >= 4 is 21.9 Å². The van der Waals surface area contributed by atoms with Crippen LogP contribution in [0.15, 0.2) is 9.13 Å². The van der Waals surface area contributed by atoms with Gasteiger partial charge < -0.3 is 14.0 Å². The lowest BCUT2D eigenvalue weighted by Gasteiger charge is -2.72. The molecule has 0 radical (unpaired) electrons. The number of esters is 1. The van der Waals surface area contributed by atoms with E-state index in [0.717, 1.165) is 56.6 Å². The molecule has 0 N–H and O–H groups in total. The Hall–Kier alpha value is -0.880. The Morgan fingerprint density at radius 1 is 1.32 bits per heavy atom. The molecule has 0 spiro atoms. The van der Waals surface area contributed by atoms with Gasteiger partial charge in [0, 0.05) is 11.8 Å². The molecule has 1 aromatic heterocycles. The lowest BCUT2D eigenvalue weighted by atomic mass is 9.32. The summed E-state index contributed by atoms with van der Waals surface area (Å²) in [7, 11) is 0. The highest BCUT2D eigenvalue weighted by Gasteiger charge is 2.75. The van der Waals surface area contributed by atoms with Crippen LogP contribution in [-0.4, -0.2) is 24.3 Å². The first kappa shape index (κ1) is 13.5. The number of carbonyl (C=O) groups is 1. The van der Waals surface area contributed by atoms with Crippen molar-refractivity contribution in [3.05, 3.63) is 15.9 Å². The lowest BCUT2D eigenvalue weighted by Crippen LogP contribution is -2.71. The smallest absolute Gasteiger partial charge is 0.312 e. The van der Waals surface area contributed by atoms with Gasteiger partial charge in [0.15, 0.2) is 4.60 Å². The molecule has 5 nitrogen and oxygen atoms in total. The summed E-state index contributed by atoms with van der Waals surface area (Å²) in [6.07, 6.45) is 5.25. The van der Waals surface area contributed by atoms with Gasteiger partial charge in [0.05, 0.1) is 24.2 Å². The van der Waals surface area contributed by atoms with Crippen LogP contribution in [0.2, 0.25) is 0 Å². The monoisotopic (exact) mass is 367 g/mol. The maximum Gasteiger partial charge on any atom is 0.312 e. The zero-order valence-corrected chi connectivity index (χ0v) is 13.9. The third-order valence-corrected chi connectivity index (χ3v) is 6.70. The first-order valence-corrected chi connectivity index (χ1v) is 8.80. The highest BCUT2D eigenvalue weighted by atomic mass is 79.9. The number of halogens is 1. The number of nitrogens with zero attached hydrogens (tertiary/aromatic N) is 1. The zero-order valence-electron chi connectivity index (χ0n) is 12.3. The van der Waals surface area contributed by atoms with Crippen molar-refractivity contribution in [2.24, 2.45) is 16.7 Å². The second-order valence-electron chi connectivity index (χ2n) is 7.57. The van der Waals surface area contributed by atoms with Gasteiger partial charge in [-0.15, -0.1) is 0 Å². The Morgan fingerprint density at radius 3 is 2.64 bits per heavy atom. The second kappa shape index (κ2) is 4.35. The Bertz CT molecular complexity index is 627. The van der Waals surface area contributed by atoms with E-state index < -0.39 is 0 Å². The number of rotatable bonds is 5. The molecule has 5 aliphatic rings. The van der Waals surface area contributed by atoms with Crippen molar-refractivity contribution < 1.29 is 18.8 Å². The fourth-order valence-electron chi connectivity index (χ4n) is 4.49. The largest absolute Gasteiger partial charge is 0.460 e. The number of carbonyl (C=O) groups excluding carboxylic acids is 1. The van der Waals surface area contributed by atoms with Crippen molar-refractivity contribution in [2.45, 2.75) is 44.6 Å². The Morgan fingerprint density at radius 2 is 2.05 bits per heavy atom. The van der Waals surface area contributed by atoms with Crippen molar-refractivity contribution in [3.63, 3.8) is 0 Å². The Balaban J connectivity index is 1.21. The second-order valence-corrected chi connectivity index (χ2v) is 8.33. The molecule has 2 bridgehead atoms. The summed E-state index contributed by atoms with van der Waals surface area (Å²) in [5, 5.41) is 3.95. The lowest BCUT2D eigenvalue weighted by molar-refractivity contribution is -0.280. The molecular weight excluding hydrogens is 350 g/mol. The maximum absolute atomic E-state index is 12.4. The standard InChI is InChI=1S/C16H18BrNO4/c17-13-11(12(22-18-13)9-1-2-9)5-21-14(19)16-6-15(7-16,8-16)10-3-20-4-10/h9-10H,1-8H2. The molecule has 0 unspecified atom stereocenters. The highest BCUT2D eigenvalue weighted by molar-refractivity contribution is 9.10. The van der Waals surface area contributed by atoms with Gasteiger partial charge in [-0.2, -0.15) is 0 Å². The van der Waals surface area contributed by atoms with Crippen LogP contribution in [0.3, 0.4) is 0 Å². The summed E-state index contributed by atoms with van der Waals surface area (Å²) in [6, 6.07) is 0. The fourth-order valence-corrected chi connectivity index (χ4v) is 4.88. The van der Waals surface area contributed by atoms with E-state index in [1.807, 2.05) is 0 Å².